The molecule has 4 heterocycles. The van der Waals surface area contributed by atoms with Gasteiger partial charge in [0.15, 0.2) is 12.1 Å². The van der Waals surface area contributed by atoms with E-state index < -0.39 is 48.5 Å². The van der Waals surface area contributed by atoms with Crippen LogP contribution < -0.4 is 5.73 Å². The van der Waals surface area contributed by atoms with Gasteiger partial charge in [0.2, 0.25) is 0 Å². The molecule has 4 aromatic rings. The monoisotopic (exact) mass is 567 g/mol. The van der Waals surface area contributed by atoms with Crippen molar-refractivity contribution in [2.45, 2.75) is 49.8 Å². The molecule has 0 amide bonds. The molecule has 0 radical (unpaired) electrons. The first kappa shape index (κ1) is 25.6. The highest BCUT2D eigenvalue weighted by Crippen LogP contribution is 2.44. The fourth-order valence-electron chi connectivity index (χ4n) is 4.87. The molecule has 0 spiro atoms. The zero-order chi connectivity index (χ0) is 26.8. The van der Waals surface area contributed by atoms with Gasteiger partial charge in [-0.2, -0.15) is 18.3 Å². The number of hydrogen-bond donors (Lipinski definition) is 2. The van der Waals surface area contributed by atoms with Crippen molar-refractivity contribution in [2.24, 2.45) is 5.73 Å². The highest BCUT2D eigenvalue weighted by Gasteiger charge is 2.50. The summed E-state index contributed by atoms with van der Waals surface area (Å²) in [5.74, 6) is 0.111. The maximum Gasteiger partial charge on any atom is 0.419 e. The lowest BCUT2D eigenvalue weighted by Crippen LogP contribution is -2.62. The van der Waals surface area contributed by atoms with E-state index in [1.54, 1.807) is 0 Å². The van der Waals surface area contributed by atoms with Crippen molar-refractivity contribution in [3.05, 3.63) is 69.7 Å². The third-order valence-corrected chi connectivity index (χ3v) is 7.71. The average Bonchev–Trinajstić information content (AvgIpc) is 3.53. The summed E-state index contributed by atoms with van der Waals surface area (Å²) in [4.78, 5) is 8.30. The summed E-state index contributed by atoms with van der Waals surface area (Å²) in [5, 5.41) is 15.4. The van der Waals surface area contributed by atoms with E-state index in [0.29, 0.717) is 0 Å². The van der Waals surface area contributed by atoms with E-state index in [1.165, 1.54) is 12.4 Å². The zero-order valence-corrected chi connectivity index (χ0v) is 21.2. The Labute approximate surface area is 222 Å². The lowest BCUT2D eigenvalue weighted by molar-refractivity contribution is -0.309. The van der Waals surface area contributed by atoms with Crippen LogP contribution in [0.1, 0.15) is 35.2 Å². The number of nitrogens with two attached hydrogens (primary N) is 1. The summed E-state index contributed by atoms with van der Waals surface area (Å²) in [7, 11) is 0. The number of halogens is 4. The Kier molecular flexibility index (Phi) is 6.42. The predicted molar refractivity (Wildman–Crippen MR) is 131 cm³/mol. The summed E-state index contributed by atoms with van der Waals surface area (Å²) >= 11 is 7.12. The Hall–Kier alpha value is -2.65. The van der Waals surface area contributed by atoms with Crippen LogP contribution in [0.4, 0.5) is 13.2 Å². The van der Waals surface area contributed by atoms with Crippen LogP contribution in [0.25, 0.3) is 15.9 Å². The number of aryl methyl sites for hydroxylation is 1. The van der Waals surface area contributed by atoms with E-state index in [4.69, 9.17) is 31.5 Å². The average molecular weight is 568 g/mol. The van der Waals surface area contributed by atoms with Gasteiger partial charge in [0, 0.05) is 5.56 Å². The number of aliphatic hydroxyl groups is 1. The second-order valence-corrected chi connectivity index (χ2v) is 10.3. The second-order valence-electron chi connectivity index (χ2n) is 9.05. The van der Waals surface area contributed by atoms with E-state index in [9.17, 15) is 18.3 Å². The van der Waals surface area contributed by atoms with Crippen molar-refractivity contribution in [3.63, 3.8) is 0 Å². The molecule has 3 N–H and O–H groups in total. The van der Waals surface area contributed by atoms with Crippen LogP contribution in [0.2, 0.25) is 5.02 Å². The SMILES string of the molecule is Cc1nc([C@@H]2OC3COC(c4ccccc4)O[C@@H]3C(N)C2O)n(-c2cc(Cl)c3ncsc3c2C(F)(F)F)n1. The molecule has 4 unspecified atom stereocenters. The van der Waals surface area contributed by atoms with Gasteiger partial charge in [-0.05, 0) is 13.0 Å². The van der Waals surface area contributed by atoms with Gasteiger partial charge in [0.1, 0.15) is 41.3 Å². The molecule has 9 nitrogen and oxygen atoms in total. The Morgan fingerprint density at radius 1 is 1.21 bits per heavy atom. The lowest BCUT2D eigenvalue weighted by Gasteiger charge is -2.46. The molecule has 2 aliphatic heterocycles. The van der Waals surface area contributed by atoms with Gasteiger partial charge in [-0.1, -0.05) is 41.9 Å². The minimum absolute atomic E-state index is 0.0197. The first-order chi connectivity index (χ1) is 18.1. The van der Waals surface area contributed by atoms with Crippen LogP contribution in [-0.2, 0) is 20.4 Å². The lowest BCUT2D eigenvalue weighted by atomic mass is 9.92. The maximum atomic E-state index is 14.3. The summed E-state index contributed by atoms with van der Waals surface area (Å²) in [5.41, 5.74) is 7.19. The van der Waals surface area contributed by atoms with Crippen molar-refractivity contribution in [1.29, 1.82) is 0 Å². The van der Waals surface area contributed by atoms with E-state index >= 15 is 0 Å². The number of ether oxygens (including phenoxy) is 3. The molecule has 2 aromatic heterocycles. The van der Waals surface area contributed by atoms with E-state index in [0.717, 1.165) is 27.6 Å². The number of hydrogen-bond acceptors (Lipinski definition) is 9. The maximum absolute atomic E-state index is 14.3. The normalized spacial score (nSPS) is 28.0. The second kappa shape index (κ2) is 9.52. The van der Waals surface area contributed by atoms with Crippen LogP contribution in [0.5, 0.6) is 0 Å². The number of alkyl halides is 3. The molecular weight excluding hydrogens is 547 g/mol. The van der Waals surface area contributed by atoms with E-state index in [1.807, 2.05) is 30.3 Å². The first-order valence-electron chi connectivity index (χ1n) is 11.6. The fraction of sp³-hybridized carbons (Fsp3) is 0.375. The van der Waals surface area contributed by atoms with Gasteiger partial charge in [0.05, 0.1) is 33.6 Å². The van der Waals surface area contributed by atoms with Crippen molar-refractivity contribution in [1.82, 2.24) is 19.7 Å². The number of aliphatic hydroxyl groups excluding tert-OH is 1. The number of rotatable bonds is 3. The molecule has 0 saturated carbocycles. The number of thiazole rings is 1. The van der Waals surface area contributed by atoms with Gasteiger partial charge < -0.3 is 25.1 Å². The third kappa shape index (κ3) is 4.28. The minimum atomic E-state index is -4.76. The number of aromatic nitrogens is 4. The number of nitrogens with zero attached hydrogens (tertiary/aromatic N) is 4. The molecule has 38 heavy (non-hydrogen) atoms. The van der Waals surface area contributed by atoms with Crippen molar-refractivity contribution >= 4 is 33.2 Å². The molecule has 2 saturated heterocycles. The smallest absolute Gasteiger partial charge is 0.388 e. The van der Waals surface area contributed by atoms with E-state index in [2.05, 4.69) is 15.1 Å². The minimum Gasteiger partial charge on any atom is -0.388 e. The van der Waals surface area contributed by atoms with Gasteiger partial charge in [-0.3, -0.25) is 0 Å². The summed E-state index contributed by atoms with van der Waals surface area (Å²) in [6.45, 7) is 1.61. The molecule has 2 aromatic carbocycles. The predicted octanol–water partition coefficient (Wildman–Crippen LogP) is 4.10. The van der Waals surface area contributed by atoms with E-state index in [-0.39, 0.29) is 39.2 Å². The standard InChI is InChI=1S/C24H21ClF3N5O4S/c1-10-31-22(33(32-10)13-7-12(25)17-21(38-9-30-17)15(13)24(26,27)28)20-18(34)16(29)19-14(36-20)8-35-23(37-19)11-5-3-2-4-6-11/h2-7,9,14,16,18-20,23,34H,8,29H2,1H3/t14?,16?,18?,19-,20+,23?/m0/s1. The Morgan fingerprint density at radius 2 is 1.97 bits per heavy atom. The fourth-order valence-corrected chi connectivity index (χ4v) is 6.05. The van der Waals surface area contributed by atoms with Crippen LogP contribution in [0.15, 0.2) is 41.9 Å². The molecule has 6 rings (SSSR count). The molecular formula is C24H21ClF3N5O4S. The summed E-state index contributed by atoms with van der Waals surface area (Å²) in [6, 6.07) is 9.42. The Balaban J connectivity index is 1.38. The van der Waals surface area contributed by atoms with Gasteiger partial charge >= 0.3 is 6.18 Å². The molecule has 200 valence electrons. The molecule has 6 atom stereocenters. The van der Waals surface area contributed by atoms with Crippen LogP contribution in [0.3, 0.4) is 0 Å². The zero-order valence-electron chi connectivity index (χ0n) is 19.7. The Morgan fingerprint density at radius 3 is 2.71 bits per heavy atom. The quantitative estimate of drug-likeness (QED) is 0.380. The highest BCUT2D eigenvalue weighted by molar-refractivity contribution is 7.17. The molecule has 0 bridgehead atoms. The number of fused-ring (bicyclic) bond motifs is 2. The topological polar surface area (TPSA) is 118 Å². The summed E-state index contributed by atoms with van der Waals surface area (Å²) in [6.07, 6.45) is -9.49. The molecule has 2 aliphatic rings. The number of benzene rings is 2. The highest BCUT2D eigenvalue weighted by atomic mass is 35.5. The summed E-state index contributed by atoms with van der Waals surface area (Å²) < 4.78 is 61.9. The van der Waals surface area contributed by atoms with Crippen molar-refractivity contribution < 1.29 is 32.5 Å². The van der Waals surface area contributed by atoms with Crippen molar-refractivity contribution in [3.8, 4) is 5.69 Å². The molecule has 2 fully saturated rings. The van der Waals surface area contributed by atoms with Gasteiger partial charge in [-0.25, -0.2) is 14.6 Å². The van der Waals surface area contributed by atoms with Gasteiger partial charge in [-0.15, -0.1) is 11.3 Å². The van der Waals surface area contributed by atoms with Crippen LogP contribution in [0, 0.1) is 6.92 Å². The molecule has 0 aliphatic carbocycles. The van der Waals surface area contributed by atoms with Crippen LogP contribution in [-0.4, -0.2) is 55.8 Å². The van der Waals surface area contributed by atoms with Gasteiger partial charge in [0.25, 0.3) is 0 Å². The van der Waals surface area contributed by atoms with Crippen molar-refractivity contribution in [2.75, 3.05) is 6.61 Å². The third-order valence-electron chi connectivity index (χ3n) is 6.58. The Bertz CT molecular complexity index is 1480. The molecule has 14 heteroatoms. The first-order valence-corrected chi connectivity index (χ1v) is 12.9. The largest absolute Gasteiger partial charge is 0.419 e. The van der Waals surface area contributed by atoms with Crippen LogP contribution >= 0.6 is 22.9 Å².